The molecule has 2 rings (SSSR count). The maximum absolute atomic E-state index is 4.16. The second-order valence-corrected chi connectivity index (χ2v) is 5.87. The number of thioether (sulfide) groups is 1. The predicted molar refractivity (Wildman–Crippen MR) is 69.1 cm³/mol. The fourth-order valence-electron chi connectivity index (χ4n) is 1.72. The van der Waals surface area contributed by atoms with Gasteiger partial charge in [-0.2, -0.15) is 11.8 Å². The standard InChI is InChI=1S/C11H15BrN2S/c12-10-4-9(5-13-7-10)6-14-11-2-1-3-15-8-11/h4-5,7,11,14H,1-3,6,8H2. The summed E-state index contributed by atoms with van der Waals surface area (Å²) in [6, 6.07) is 2.80. The Bertz CT molecular complexity index is 313. The number of nitrogens with zero attached hydrogens (tertiary/aromatic N) is 1. The van der Waals surface area contributed by atoms with Gasteiger partial charge in [-0.05, 0) is 46.2 Å². The zero-order chi connectivity index (χ0) is 10.5. The summed E-state index contributed by atoms with van der Waals surface area (Å²) in [6.45, 7) is 0.928. The van der Waals surface area contributed by atoms with Gasteiger partial charge in [0, 0.05) is 35.2 Å². The summed E-state index contributed by atoms with van der Waals surface area (Å²) < 4.78 is 1.06. The maximum atomic E-state index is 4.16. The lowest BCUT2D eigenvalue weighted by Gasteiger charge is -2.22. The van der Waals surface area contributed by atoms with Crippen molar-refractivity contribution in [2.45, 2.75) is 25.4 Å². The molecule has 0 aliphatic carbocycles. The molecule has 1 saturated heterocycles. The van der Waals surface area contributed by atoms with Crippen LogP contribution in [0, 0.1) is 0 Å². The van der Waals surface area contributed by atoms with Crippen LogP contribution in [0.2, 0.25) is 0 Å². The Morgan fingerprint density at radius 1 is 1.53 bits per heavy atom. The minimum Gasteiger partial charge on any atom is -0.309 e. The third kappa shape index (κ3) is 3.78. The number of aromatic nitrogens is 1. The molecule has 2 heterocycles. The molecule has 2 nitrogen and oxygen atoms in total. The van der Waals surface area contributed by atoms with Crippen LogP contribution in [-0.2, 0) is 6.54 Å². The first kappa shape index (κ1) is 11.4. The molecular weight excluding hydrogens is 272 g/mol. The van der Waals surface area contributed by atoms with Crippen molar-refractivity contribution in [1.82, 2.24) is 10.3 Å². The molecule has 1 unspecified atom stereocenters. The molecule has 82 valence electrons. The van der Waals surface area contributed by atoms with Crippen LogP contribution in [0.5, 0.6) is 0 Å². The molecule has 0 radical (unpaired) electrons. The largest absolute Gasteiger partial charge is 0.309 e. The number of pyridine rings is 1. The minimum atomic E-state index is 0.683. The van der Waals surface area contributed by atoms with Crippen LogP contribution >= 0.6 is 27.7 Å². The first-order valence-corrected chi connectivity index (χ1v) is 7.20. The van der Waals surface area contributed by atoms with Crippen LogP contribution in [0.1, 0.15) is 18.4 Å². The summed E-state index contributed by atoms with van der Waals surface area (Å²) in [7, 11) is 0. The molecule has 0 amide bonds. The number of halogens is 1. The summed E-state index contributed by atoms with van der Waals surface area (Å²) in [5.74, 6) is 2.58. The quantitative estimate of drug-likeness (QED) is 0.925. The van der Waals surface area contributed by atoms with Gasteiger partial charge in [-0.25, -0.2) is 0 Å². The molecular formula is C11H15BrN2S. The first-order chi connectivity index (χ1) is 7.34. The van der Waals surface area contributed by atoms with Crippen molar-refractivity contribution in [1.29, 1.82) is 0 Å². The van der Waals surface area contributed by atoms with Crippen LogP contribution in [0.25, 0.3) is 0 Å². The molecule has 1 aliphatic rings. The van der Waals surface area contributed by atoms with Crippen molar-refractivity contribution >= 4 is 27.7 Å². The summed E-state index contributed by atoms with van der Waals surface area (Å²) >= 11 is 5.49. The molecule has 0 spiro atoms. The number of nitrogens with one attached hydrogen (secondary N) is 1. The molecule has 4 heteroatoms. The highest BCUT2D eigenvalue weighted by Gasteiger charge is 2.12. The van der Waals surface area contributed by atoms with Gasteiger partial charge in [-0.1, -0.05) is 0 Å². The molecule has 0 bridgehead atoms. The highest BCUT2D eigenvalue weighted by molar-refractivity contribution is 9.10. The lowest BCUT2D eigenvalue weighted by atomic mass is 10.2. The van der Waals surface area contributed by atoms with Gasteiger partial charge in [-0.15, -0.1) is 0 Å². The third-order valence-corrected chi connectivity index (χ3v) is 4.17. The molecule has 1 aromatic heterocycles. The minimum absolute atomic E-state index is 0.683. The number of hydrogen-bond acceptors (Lipinski definition) is 3. The van der Waals surface area contributed by atoms with Gasteiger partial charge in [0.05, 0.1) is 0 Å². The number of hydrogen-bond donors (Lipinski definition) is 1. The van der Waals surface area contributed by atoms with Gasteiger partial charge in [0.15, 0.2) is 0 Å². The van der Waals surface area contributed by atoms with Crippen LogP contribution in [0.15, 0.2) is 22.9 Å². The van der Waals surface area contributed by atoms with E-state index in [9.17, 15) is 0 Å². The van der Waals surface area contributed by atoms with E-state index in [-0.39, 0.29) is 0 Å². The van der Waals surface area contributed by atoms with E-state index in [0.717, 1.165) is 11.0 Å². The van der Waals surface area contributed by atoms with E-state index in [0.29, 0.717) is 6.04 Å². The van der Waals surface area contributed by atoms with Gasteiger partial charge in [-0.3, -0.25) is 4.98 Å². The first-order valence-electron chi connectivity index (χ1n) is 5.25. The monoisotopic (exact) mass is 286 g/mol. The van der Waals surface area contributed by atoms with E-state index in [1.54, 1.807) is 0 Å². The Morgan fingerprint density at radius 3 is 3.20 bits per heavy atom. The van der Waals surface area contributed by atoms with Crippen molar-refractivity contribution in [2.75, 3.05) is 11.5 Å². The molecule has 15 heavy (non-hydrogen) atoms. The van der Waals surface area contributed by atoms with Gasteiger partial charge in [0.2, 0.25) is 0 Å². The van der Waals surface area contributed by atoms with Crippen molar-refractivity contribution in [3.8, 4) is 0 Å². The van der Waals surface area contributed by atoms with Gasteiger partial charge in [0.1, 0.15) is 0 Å². The van der Waals surface area contributed by atoms with Crippen LogP contribution in [0.3, 0.4) is 0 Å². The predicted octanol–water partition coefficient (Wildman–Crippen LogP) is 2.83. The Morgan fingerprint density at radius 2 is 2.47 bits per heavy atom. The molecule has 0 aromatic carbocycles. The second-order valence-electron chi connectivity index (χ2n) is 3.81. The third-order valence-electron chi connectivity index (χ3n) is 2.52. The Labute approximate surface area is 103 Å². The molecule has 1 fully saturated rings. The molecule has 0 saturated carbocycles. The van der Waals surface area contributed by atoms with Crippen molar-refractivity contribution in [3.63, 3.8) is 0 Å². The zero-order valence-corrected chi connectivity index (χ0v) is 11.0. The van der Waals surface area contributed by atoms with E-state index in [4.69, 9.17) is 0 Å². The SMILES string of the molecule is Brc1cncc(CNC2CCCSC2)c1. The average Bonchev–Trinajstić information content (AvgIpc) is 2.28. The molecule has 1 aromatic rings. The second kappa shape index (κ2) is 5.87. The molecule has 1 aliphatic heterocycles. The fraction of sp³-hybridized carbons (Fsp3) is 0.545. The average molecular weight is 287 g/mol. The highest BCUT2D eigenvalue weighted by Crippen LogP contribution is 2.17. The normalized spacial score (nSPS) is 21.5. The maximum Gasteiger partial charge on any atom is 0.0410 e. The summed E-state index contributed by atoms with van der Waals surface area (Å²) in [5, 5.41) is 3.58. The van der Waals surface area contributed by atoms with Crippen LogP contribution < -0.4 is 5.32 Å². The lowest BCUT2D eigenvalue weighted by molar-refractivity contribution is 0.507. The summed E-state index contributed by atoms with van der Waals surface area (Å²) in [4.78, 5) is 4.16. The lowest BCUT2D eigenvalue weighted by Crippen LogP contribution is -2.33. The van der Waals surface area contributed by atoms with Gasteiger partial charge >= 0.3 is 0 Å². The van der Waals surface area contributed by atoms with E-state index in [1.165, 1.54) is 29.9 Å². The fourth-order valence-corrected chi connectivity index (χ4v) is 3.24. The van der Waals surface area contributed by atoms with Crippen molar-refractivity contribution < 1.29 is 0 Å². The molecule has 1 N–H and O–H groups in total. The highest BCUT2D eigenvalue weighted by atomic mass is 79.9. The van der Waals surface area contributed by atoms with E-state index in [1.807, 2.05) is 12.4 Å². The van der Waals surface area contributed by atoms with Crippen LogP contribution in [0.4, 0.5) is 0 Å². The molecule has 1 atom stereocenters. The van der Waals surface area contributed by atoms with Crippen molar-refractivity contribution in [3.05, 3.63) is 28.5 Å². The topological polar surface area (TPSA) is 24.9 Å². The van der Waals surface area contributed by atoms with E-state index >= 15 is 0 Å². The van der Waals surface area contributed by atoms with E-state index in [2.05, 4.69) is 44.1 Å². The zero-order valence-electron chi connectivity index (χ0n) is 8.58. The van der Waals surface area contributed by atoms with E-state index < -0.39 is 0 Å². The smallest absolute Gasteiger partial charge is 0.0410 e. The van der Waals surface area contributed by atoms with Gasteiger partial charge in [0.25, 0.3) is 0 Å². The van der Waals surface area contributed by atoms with Crippen LogP contribution in [-0.4, -0.2) is 22.5 Å². The Balaban J connectivity index is 1.81. The Hall–Kier alpha value is -0.0600. The Kier molecular flexibility index (Phi) is 4.47. The summed E-state index contributed by atoms with van der Waals surface area (Å²) in [6.07, 6.45) is 6.40. The number of rotatable bonds is 3. The summed E-state index contributed by atoms with van der Waals surface area (Å²) in [5.41, 5.74) is 1.25. The van der Waals surface area contributed by atoms with Crippen molar-refractivity contribution in [2.24, 2.45) is 0 Å². The van der Waals surface area contributed by atoms with Gasteiger partial charge < -0.3 is 5.32 Å².